The van der Waals surface area contributed by atoms with Gasteiger partial charge in [0, 0.05) is 37.8 Å². The van der Waals surface area contributed by atoms with Crippen molar-refractivity contribution in [2.45, 2.75) is 20.0 Å². The fourth-order valence-electron chi connectivity index (χ4n) is 4.07. The van der Waals surface area contributed by atoms with Crippen LogP contribution in [0.25, 0.3) is 22.2 Å². The van der Waals surface area contributed by atoms with E-state index in [-0.39, 0.29) is 11.7 Å². The molecule has 0 amide bonds. The normalized spacial score (nSPS) is 15.6. The molecule has 3 aromatic rings. The number of anilines is 1. The molecule has 0 unspecified atom stereocenters. The van der Waals surface area contributed by atoms with Crippen LogP contribution in [0.5, 0.6) is 0 Å². The minimum Gasteiger partial charge on any atom is -0.354 e. The summed E-state index contributed by atoms with van der Waals surface area (Å²) < 4.78 is 98.0. The highest BCUT2D eigenvalue weighted by Crippen LogP contribution is 2.35. The summed E-state index contributed by atoms with van der Waals surface area (Å²) in [5.41, 5.74) is 0.792. The predicted octanol–water partition coefficient (Wildman–Crippen LogP) is 3.66. The maximum atomic E-state index is 13.1. The Labute approximate surface area is 219 Å². The fourth-order valence-corrected chi connectivity index (χ4v) is 5.73. The zero-order valence-electron chi connectivity index (χ0n) is 20.9. The Hall–Kier alpha value is -2.72. The monoisotopic (exact) mass is 578 g/mol. The summed E-state index contributed by atoms with van der Waals surface area (Å²) in [6.45, 7) is 6.78. The van der Waals surface area contributed by atoms with Crippen molar-refractivity contribution in [2.24, 2.45) is 5.92 Å². The van der Waals surface area contributed by atoms with Crippen LogP contribution in [0.15, 0.2) is 42.6 Å². The molecule has 1 fully saturated rings. The third kappa shape index (κ3) is 7.66. The van der Waals surface area contributed by atoms with Crippen LogP contribution in [0.3, 0.4) is 0 Å². The molecule has 0 saturated carbocycles. The quantitative estimate of drug-likeness (QED) is 0.435. The molecule has 38 heavy (non-hydrogen) atoms. The van der Waals surface area contributed by atoms with Crippen LogP contribution < -0.4 is 4.90 Å². The minimum atomic E-state index is -4.67. The van der Waals surface area contributed by atoms with Gasteiger partial charge in [-0.1, -0.05) is 26.0 Å². The van der Waals surface area contributed by atoms with Gasteiger partial charge in [0.2, 0.25) is 10.0 Å². The molecular weight excluding hydrogens is 549 g/mol. The molecule has 2 aromatic heterocycles. The summed E-state index contributed by atoms with van der Waals surface area (Å²) in [4.78, 5) is 8.99. The molecule has 15 heteroatoms. The van der Waals surface area contributed by atoms with Gasteiger partial charge < -0.3 is 9.80 Å². The summed E-state index contributed by atoms with van der Waals surface area (Å²) in [5.74, 6) is 0.514. The third-order valence-corrected chi connectivity index (χ3v) is 7.79. The van der Waals surface area contributed by atoms with E-state index in [1.165, 1.54) is 22.3 Å². The van der Waals surface area contributed by atoms with E-state index in [4.69, 9.17) is 22.5 Å². The third-order valence-electron chi connectivity index (χ3n) is 5.80. The molecule has 4 rings (SSSR count). The highest BCUT2D eigenvalue weighted by atomic mass is 32.3. The van der Waals surface area contributed by atoms with Gasteiger partial charge >= 0.3 is 16.6 Å². The van der Waals surface area contributed by atoms with Crippen LogP contribution >= 0.6 is 0 Å². The standard InChI is InChI=1S/C23H27F3N4O2S.H2O4S/c1-16(2)15-33(31,32)30-9-8-19-20(17-4-6-18(7-5-17)23(24,25)26)14-21(27-22(19)30)29-12-10-28(3)11-13-29;1-5(2,3)4/h4-9,14,16H,10-13,15H2,1-3H3;(H2,1,2,3,4). The molecule has 0 aliphatic carbocycles. The summed E-state index contributed by atoms with van der Waals surface area (Å²) in [7, 11) is -6.28. The average molecular weight is 579 g/mol. The minimum absolute atomic E-state index is 0.0349. The molecule has 0 spiro atoms. The van der Waals surface area contributed by atoms with Crippen molar-refractivity contribution in [3.63, 3.8) is 0 Å². The van der Waals surface area contributed by atoms with E-state index in [0.29, 0.717) is 28.0 Å². The number of fused-ring (bicyclic) bond motifs is 1. The average Bonchev–Trinajstić information content (AvgIpc) is 3.22. The van der Waals surface area contributed by atoms with Gasteiger partial charge in [0.25, 0.3) is 0 Å². The van der Waals surface area contributed by atoms with Gasteiger partial charge in [0.1, 0.15) is 5.82 Å². The second kappa shape index (κ2) is 11.2. The smallest absolute Gasteiger partial charge is 0.354 e. The van der Waals surface area contributed by atoms with Crippen LogP contribution in [0.2, 0.25) is 0 Å². The number of hydrogen-bond donors (Lipinski definition) is 2. The van der Waals surface area contributed by atoms with Gasteiger partial charge in [-0.05, 0) is 48.4 Å². The van der Waals surface area contributed by atoms with Gasteiger partial charge in [0.05, 0.1) is 11.3 Å². The molecule has 3 heterocycles. The van der Waals surface area contributed by atoms with Gasteiger partial charge in [-0.25, -0.2) is 17.4 Å². The Bertz CT molecular complexity index is 1470. The first-order valence-corrected chi connectivity index (χ1v) is 14.5. The molecule has 210 valence electrons. The molecule has 1 aliphatic heterocycles. The summed E-state index contributed by atoms with van der Waals surface area (Å²) in [6.07, 6.45) is -2.94. The lowest BCUT2D eigenvalue weighted by atomic mass is 10.0. The van der Waals surface area contributed by atoms with Crippen LogP contribution in [0, 0.1) is 5.92 Å². The number of alkyl halides is 3. The van der Waals surface area contributed by atoms with E-state index in [1.54, 1.807) is 6.07 Å². The largest absolute Gasteiger partial charge is 0.416 e. The molecular formula is C23H29F3N4O6S2. The molecule has 10 nitrogen and oxygen atoms in total. The van der Waals surface area contributed by atoms with Crippen LogP contribution in [0.4, 0.5) is 19.0 Å². The SMILES string of the molecule is CC(C)CS(=O)(=O)n1ccc2c(-c3ccc(C(F)(F)F)cc3)cc(N3CCN(C)CC3)nc21.O=S(=O)(O)O. The number of aromatic nitrogens is 2. The van der Waals surface area contributed by atoms with Crippen molar-refractivity contribution in [1.82, 2.24) is 13.9 Å². The van der Waals surface area contributed by atoms with E-state index in [1.807, 2.05) is 27.0 Å². The first-order chi connectivity index (χ1) is 17.5. The Morgan fingerprint density at radius 3 is 2.03 bits per heavy atom. The molecule has 0 atom stereocenters. The zero-order valence-corrected chi connectivity index (χ0v) is 22.6. The van der Waals surface area contributed by atoms with Crippen molar-refractivity contribution in [1.29, 1.82) is 0 Å². The summed E-state index contributed by atoms with van der Waals surface area (Å²) in [6, 6.07) is 8.44. The van der Waals surface area contributed by atoms with Crippen LogP contribution in [0.1, 0.15) is 19.4 Å². The maximum Gasteiger partial charge on any atom is 0.416 e. The van der Waals surface area contributed by atoms with Crippen molar-refractivity contribution in [2.75, 3.05) is 43.9 Å². The lowest BCUT2D eigenvalue weighted by Gasteiger charge is -2.33. The second-order valence-electron chi connectivity index (χ2n) is 9.36. The van der Waals surface area contributed by atoms with E-state index in [9.17, 15) is 21.6 Å². The number of halogens is 3. The van der Waals surface area contributed by atoms with E-state index in [2.05, 4.69) is 9.80 Å². The van der Waals surface area contributed by atoms with E-state index in [0.717, 1.165) is 38.3 Å². The number of hydrogen-bond acceptors (Lipinski definition) is 7. The van der Waals surface area contributed by atoms with E-state index < -0.39 is 32.2 Å². The topological polar surface area (TPSA) is 133 Å². The molecule has 1 aromatic carbocycles. The van der Waals surface area contributed by atoms with Gasteiger partial charge in [-0.15, -0.1) is 0 Å². The highest BCUT2D eigenvalue weighted by molar-refractivity contribution is 7.90. The predicted molar refractivity (Wildman–Crippen MR) is 138 cm³/mol. The Kier molecular flexibility index (Phi) is 8.77. The highest BCUT2D eigenvalue weighted by Gasteiger charge is 2.30. The molecule has 1 saturated heterocycles. The number of nitrogens with zero attached hydrogens (tertiary/aromatic N) is 4. The lowest BCUT2D eigenvalue weighted by Crippen LogP contribution is -2.44. The van der Waals surface area contributed by atoms with Crippen molar-refractivity contribution < 1.29 is 39.1 Å². The number of rotatable bonds is 5. The Morgan fingerprint density at radius 1 is 0.974 bits per heavy atom. The van der Waals surface area contributed by atoms with Crippen LogP contribution in [-0.2, 0) is 26.6 Å². The first-order valence-electron chi connectivity index (χ1n) is 11.5. The van der Waals surface area contributed by atoms with Crippen molar-refractivity contribution >= 4 is 37.3 Å². The van der Waals surface area contributed by atoms with Gasteiger partial charge in [-0.2, -0.15) is 21.6 Å². The fraction of sp³-hybridized carbons (Fsp3) is 0.435. The zero-order chi connectivity index (χ0) is 28.5. The molecule has 2 N–H and O–H groups in total. The van der Waals surface area contributed by atoms with Gasteiger partial charge in [0.15, 0.2) is 5.65 Å². The number of likely N-dealkylation sites (N-methyl/N-ethyl adjacent to an activating group) is 1. The molecule has 1 aliphatic rings. The van der Waals surface area contributed by atoms with Gasteiger partial charge in [-0.3, -0.25) is 9.11 Å². The Morgan fingerprint density at radius 2 is 1.53 bits per heavy atom. The lowest BCUT2D eigenvalue weighted by molar-refractivity contribution is -0.137. The number of pyridine rings is 1. The Balaban J connectivity index is 0.000000732. The maximum absolute atomic E-state index is 13.1. The molecule has 0 bridgehead atoms. The summed E-state index contributed by atoms with van der Waals surface area (Å²) in [5, 5.41) is 0.583. The van der Waals surface area contributed by atoms with Crippen molar-refractivity contribution in [3.05, 3.63) is 48.2 Å². The van der Waals surface area contributed by atoms with E-state index >= 15 is 0 Å². The number of benzene rings is 1. The van der Waals surface area contributed by atoms with Crippen LogP contribution in [-0.4, -0.2) is 78.8 Å². The second-order valence-corrected chi connectivity index (χ2v) is 12.1. The van der Waals surface area contributed by atoms with Crippen molar-refractivity contribution in [3.8, 4) is 11.1 Å². The first kappa shape index (κ1) is 29.8. The number of piperazine rings is 1. The molecule has 0 radical (unpaired) electrons. The summed E-state index contributed by atoms with van der Waals surface area (Å²) >= 11 is 0.